The Kier molecular flexibility index (Phi) is 8.55. The largest absolute Gasteiger partial charge is 0.357 e. The van der Waals surface area contributed by atoms with Crippen LogP contribution in [0.15, 0.2) is 35.6 Å². The number of nitrogens with one attached hydrogen (secondary N) is 1. The molecule has 132 valence electrons. The standard InChI is InChI=1S/C17H24ClN5.HI/c1-5-19-17(21-10-16-13(2)7-6-8-20-16)23(4)12-15-9-14(18)11-22(15)3;/h6-9,11H,5,10,12H2,1-4H3,(H,19,21);1H. The minimum atomic E-state index is 0. The number of nitrogens with zero attached hydrogens (tertiary/aromatic N) is 4. The second kappa shape index (κ2) is 9.88. The van der Waals surface area contributed by atoms with Crippen LogP contribution in [0.1, 0.15) is 23.9 Å². The SMILES string of the molecule is CCNC(=NCc1ncccc1C)N(C)Cc1cc(Cl)cn1C.I. The van der Waals surface area contributed by atoms with Gasteiger partial charge in [-0.1, -0.05) is 17.7 Å². The van der Waals surface area contributed by atoms with Gasteiger partial charge in [0.1, 0.15) is 0 Å². The minimum absolute atomic E-state index is 0. The molecule has 0 aromatic carbocycles. The zero-order valence-corrected chi connectivity index (χ0v) is 17.7. The number of rotatable bonds is 5. The summed E-state index contributed by atoms with van der Waals surface area (Å²) in [7, 11) is 4.02. The summed E-state index contributed by atoms with van der Waals surface area (Å²) in [6.45, 7) is 6.23. The normalized spacial score (nSPS) is 11.1. The van der Waals surface area contributed by atoms with Crippen LogP contribution >= 0.6 is 35.6 Å². The number of hydrogen-bond acceptors (Lipinski definition) is 2. The van der Waals surface area contributed by atoms with E-state index in [2.05, 4.69) is 35.1 Å². The highest BCUT2D eigenvalue weighted by Gasteiger charge is 2.10. The number of guanidine groups is 1. The van der Waals surface area contributed by atoms with Gasteiger partial charge in [-0.25, -0.2) is 4.99 Å². The number of hydrogen-bond donors (Lipinski definition) is 1. The molecule has 0 atom stereocenters. The van der Waals surface area contributed by atoms with Crippen molar-refractivity contribution in [3.8, 4) is 0 Å². The Morgan fingerprint density at radius 1 is 1.46 bits per heavy atom. The first-order valence-electron chi connectivity index (χ1n) is 7.72. The molecular formula is C17H25ClIN5. The third-order valence-electron chi connectivity index (χ3n) is 3.67. The lowest BCUT2D eigenvalue weighted by Crippen LogP contribution is -2.38. The summed E-state index contributed by atoms with van der Waals surface area (Å²) in [6, 6.07) is 5.98. The highest BCUT2D eigenvalue weighted by Crippen LogP contribution is 2.14. The molecule has 0 unspecified atom stereocenters. The first kappa shape index (κ1) is 20.8. The Labute approximate surface area is 166 Å². The second-order valence-corrected chi connectivity index (χ2v) is 5.99. The maximum Gasteiger partial charge on any atom is 0.194 e. The van der Waals surface area contributed by atoms with E-state index >= 15 is 0 Å². The predicted octanol–water partition coefficient (Wildman–Crippen LogP) is 3.60. The van der Waals surface area contributed by atoms with Crippen LogP contribution in [0.3, 0.4) is 0 Å². The van der Waals surface area contributed by atoms with E-state index in [0.29, 0.717) is 6.54 Å². The lowest BCUT2D eigenvalue weighted by atomic mass is 10.2. The van der Waals surface area contributed by atoms with Crippen LogP contribution in [0, 0.1) is 6.92 Å². The van der Waals surface area contributed by atoms with Crippen LogP contribution in [-0.4, -0.2) is 34.0 Å². The van der Waals surface area contributed by atoms with E-state index in [4.69, 9.17) is 16.6 Å². The maximum atomic E-state index is 6.06. The number of aryl methyl sites for hydroxylation is 2. The molecule has 2 aromatic rings. The zero-order chi connectivity index (χ0) is 16.8. The Hall–Kier alpha value is -1.28. The molecule has 2 rings (SSSR count). The Morgan fingerprint density at radius 3 is 2.79 bits per heavy atom. The van der Waals surface area contributed by atoms with Gasteiger partial charge in [0, 0.05) is 38.7 Å². The van der Waals surface area contributed by atoms with Crippen molar-refractivity contribution in [2.24, 2.45) is 12.0 Å². The molecule has 24 heavy (non-hydrogen) atoms. The van der Waals surface area contributed by atoms with E-state index in [1.165, 1.54) is 0 Å². The van der Waals surface area contributed by atoms with Crippen LogP contribution in [-0.2, 0) is 20.1 Å². The van der Waals surface area contributed by atoms with Gasteiger partial charge in [0.25, 0.3) is 0 Å². The number of halogens is 2. The van der Waals surface area contributed by atoms with E-state index in [-0.39, 0.29) is 24.0 Å². The molecule has 7 heteroatoms. The van der Waals surface area contributed by atoms with E-state index < -0.39 is 0 Å². The summed E-state index contributed by atoms with van der Waals surface area (Å²) < 4.78 is 2.03. The molecule has 2 heterocycles. The van der Waals surface area contributed by atoms with Crippen molar-refractivity contribution < 1.29 is 0 Å². The molecule has 0 aliphatic rings. The van der Waals surface area contributed by atoms with Crippen molar-refractivity contribution in [1.29, 1.82) is 0 Å². The fraction of sp³-hybridized carbons (Fsp3) is 0.412. The van der Waals surface area contributed by atoms with Crippen LogP contribution < -0.4 is 5.32 Å². The predicted molar refractivity (Wildman–Crippen MR) is 111 cm³/mol. The quantitative estimate of drug-likeness (QED) is 0.420. The fourth-order valence-electron chi connectivity index (χ4n) is 2.34. The van der Waals surface area contributed by atoms with Gasteiger partial charge >= 0.3 is 0 Å². The van der Waals surface area contributed by atoms with Crippen molar-refractivity contribution >= 4 is 41.5 Å². The summed E-state index contributed by atoms with van der Waals surface area (Å²) >= 11 is 6.06. The van der Waals surface area contributed by atoms with Gasteiger partial charge in [-0.05, 0) is 31.5 Å². The smallest absolute Gasteiger partial charge is 0.194 e. The molecule has 0 saturated heterocycles. The summed E-state index contributed by atoms with van der Waals surface area (Å²) in [6.07, 6.45) is 3.71. The topological polar surface area (TPSA) is 45.5 Å². The van der Waals surface area contributed by atoms with Crippen molar-refractivity contribution in [2.75, 3.05) is 13.6 Å². The lowest BCUT2D eigenvalue weighted by Gasteiger charge is -2.22. The third-order valence-corrected chi connectivity index (χ3v) is 3.87. The van der Waals surface area contributed by atoms with Crippen molar-refractivity contribution in [2.45, 2.75) is 26.9 Å². The molecule has 0 fully saturated rings. The summed E-state index contributed by atoms with van der Waals surface area (Å²) in [5, 5.41) is 4.08. The molecule has 2 aromatic heterocycles. The average molecular weight is 462 g/mol. The Bertz CT molecular complexity index is 683. The molecule has 0 aliphatic carbocycles. The van der Waals surface area contributed by atoms with Crippen molar-refractivity contribution in [1.82, 2.24) is 19.8 Å². The molecule has 1 N–H and O–H groups in total. The third kappa shape index (κ3) is 5.66. The summed E-state index contributed by atoms with van der Waals surface area (Å²) in [4.78, 5) is 11.2. The molecule has 0 bridgehead atoms. The minimum Gasteiger partial charge on any atom is -0.357 e. The molecule has 0 amide bonds. The van der Waals surface area contributed by atoms with Gasteiger partial charge in [-0.2, -0.15) is 0 Å². The molecule has 0 spiro atoms. The van der Waals surface area contributed by atoms with Crippen molar-refractivity contribution in [3.05, 3.63) is 52.6 Å². The number of aromatic nitrogens is 2. The highest BCUT2D eigenvalue weighted by atomic mass is 127. The van der Waals surface area contributed by atoms with Gasteiger partial charge in [0.05, 0.1) is 23.8 Å². The molecule has 0 radical (unpaired) electrons. The fourth-order valence-corrected chi connectivity index (χ4v) is 2.62. The number of aliphatic imine (C=N–C) groups is 1. The van der Waals surface area contributed by atoms with E-state index in [9.17, 15) is 0 Å². The Morgan fingerprint density at radius 2 is 2.21 bits per heavy atom. The zero-order valence-electron chi connectivity index (χ0n) is 14.6. The van der Waals surface area contributed by atoms with Crippen LogP contribution in [0.25, 0.3) is 0 Å². The van der Waals surface area contributed by atoms with Gasteiger partial charge < -0.3 is 14.8 Å². The van der Waals surface area contributed by atoms with Crippen LogP contribution in [0.2, 0.25) is 5.02 Å². The molecule has 5 nitrogen and oxygen atoms in total. The second-order valence-electron chi connectivity index (χ2n) is 5.55. The monoisotopic (exact) mass is 461 g/mol. The molecule has 0 aliphatic heterocycles. The average Bonchev–Trinajstić information content (AvgIpc) is 2.82. The molecular weight excluding hydrogens is 437 g/mol. The van der Waals surface area contributed by atoms with E-state index in [1.54, 1.807) is 6.20 Å². The van der Waals surface area contributed by atoms with Gasteiger partial charge in [-0.15, -0.1) is 24.0 Å². The van der Waals surface area contributed by atoms with Gasteiger partial charge in [-0.3, -0.25) is 4.98 Å². The highest BCUT2D eigenvalue weighted by molar-refractivity contribution is 14.0. The first-order chi connectivity index (χ1) is 11.0. The van der Waals surface area contributed by atoms with Crippen LogP contribution in [0.4, 0.5) is 0 Å². The number of pyridine rings is 1. The van der Waals surface area contributed by atoms with E-state index in [0.717, 1.165) is 41.0 Å². The van der Waals surface area contributed by atoms with E-state index in [1.807, 2.05) is 37.0 Å². The summed E-state index contributed by atoms with van der Waals surface area (Å²) in [5.41, 5.74) is 3.29. The van der Waals surface area contributed by atoms with Crippen molar-refractivity contribution in [3.63, 3.8) is 0 Å². The maximum absolute atomic E-state index is 6.06. The molecule has 0 saturated carbocycles. The van der Waals surface area contributed by atoms with Crippen LogP contribution in [0.5, 0.6) is 0 Å². The van der Waals surface area contributed by atoms with Gasteiger partial charge in [0.15, 0.2) is 5.96 Å². The summed E-state index contributed by atoms with van der Waals surface area (Å²) in [5.74, 6) is 0.856. The van der Waals surface area contributed by atoms with Gasteiger partial charge in [0.2, 0.25) is 0 Å². The lowest BCUT2D eigenvalue weighted by molar-refractivity contribution is 0.461. The first-order valence-corrected chi connectivity index (χ1v) is 8.09. The Balaban J connectivity index is 0.00000288.